The van der Waals surface area contributed by atoms with Gasteiger partial charge in [0.2, 0.25) is 0 Å². The minimum atomic E-state index is -4.81. The van der Waals surface area contributed by atoms with E-state index in [0.717, 1.165) is 19.3 Å². The van der Waals surface area contributed by atoms with E-state index in [1.165, 1.54) is 38.5 Å². The summed E-state index contributed by atoms with van der Waals surface area (Å²) in [6.45, 7) is 2.32. The molecule has 0 heterocycles. The molecule has 0 aliphatic rings. The number of carboxylic acids is 1. The summed E-state index contributed by atoms with van der Waals surface area (Å²) < 4.78 is 35.2. The van der Waals surface area contributed by atoms with E-state index in [9.17, 15) is 18.0 Å². The number of carboxylic acid groups (broad SMARTS) is 1. The van der Waals surface area contributed by atoms with E-state index >= 15 is 0 Å². The van der Waals surface area contributed by atoms with Gasteiger partial charge >= 0.3 is 11.9 Å². The number of hydrogen-bond acceptors (Lipinski definition) is 5. The van der Waals surface area contributed by atoms with Crippen LogP contribution in [-0.2, 0) is 24.4 Å². The van der Waals surface area contributed by atoms with Gasteiger partial charge in [-0.1, -0.05) is 64.7 Å². The van der Waals surface area contributed by atoms with Crippen LogP contribution in [0.15, 0.2) is 0 Å². The third kappa shape index (κ3) is 16.9. The van der Waals surface area contributed by atoms with Crippen LogP contribution < -0.4 is 0 Å². The first-order valence-electron chi connectivity index (χ1n) is 8.63. The van der Waals surface area contributed by atoms with Crippen molar-refractivity contribution in [2.75, 3.05) is 6.61 Å². The fraction of sp³-hybridized carbons (Fsp3) is 0.875. The van der Waals surface area contributed by atoms with Crippen molar-refractivity contribution >= 4 is 46.9 Å². The maximum absolute atomic E-state index is 11.4. The van der Waals surface area contributed by atoms with Crippen LogP contribution in [0.3, 0.4) is 0 Å². The number of aliphatic carboxylic acids is 1. The number of halogens is 2. The quantitative estimate of drug-likeness (QED) is 0.225. The van der Waals surface area contributed by atoms with Gasteiger partial charge in [-0.2, -0.15) is 8.42 Å². The number of unbranched alkanes of at least 4 members (excludes halogenated alkanes) is 9. The fourth-order valence-electron chi connectivity index (χ4n) is 2.31. The lowest BCUT2D eigenvalue weighted by Crippen LogP contribution is -2.32. The number of hydrogen-bond donors (Lipinski definition) is 2. The number of ether oxygens (including phenoxy) is 1. The molecule has 0 spiro atoms. The molecule has 0 bridgehead atoms. The second-order valence-electron chi connectivity index (χ2n) is 5.95. The molecule has 1 atom stereocenters. The first-order chi connectivity index (χ1) is 11.3. The summed E-state index contributed by atoms with van der Waals surface area (Å²) >= 11 is 0. The van der Waals surface area contributed by atoms with Crippen molar-refractivity contribution < 1.29 is 32.4 Å². The van der Waals surface area contributed by atoms with Gasteiger partial charge in [0.1, 0.15) is 0 Å². The third-order valence-corrected chi connectivity index (χ3v) is 4.84. The number of esters is 1. The lowest BCUT2D eigenvalue weighted by atomic mass is 10.1. The molecule has 0 saturated carbocycles. The van der Waals surface area contributed by atoms with Crippen LogP contribution >= 0.6 is 24.8 Å². The van der Waals surface area contributed by atoms with Gasteiger partial charge in [-0.3, -0.25) is 14.1 Å². The molecule has 10 heteroatoms. The maximum atomic E-state index is 11.4. The topological polar surface area (TPSA) is 118 Å². The predicted molar refractivity (Wildman–Crippen MR) is 105 cm³/mol. The van der Waals surface area contributed by atoms with E-state index in [1.807, 2.05) is 0 Å². The first kappa shape index (κ1) is 30.2. The Morgan fingerprint density at radius 2 is 1.31 bits per heavy atom. The van der Waals surface area contributed by atoms with Crippen LogP contribution in [0, 0.1) is 0 Å². The van der Waals surface area contributed by atoms with E-state index in [4.69, 9.17) is 14.4 Å². The summed E-state index contributed by atoms with van der Waals surface area (Å²) in [4.78, 5) is 22.1. The van der Waals surface area contributed by atoms with Crippen LogP contribution in [0.5, 0.6) is 0 Å². The largest absolute Gasteiger partial charge is 0.480 e. The highest BCUT2D eigenvalue weighted by atomic mass is 35.5. The minimum absolute atomic E-state index is 0. The van der Waals surface area contributed by atoms with Gasteiger partial charge in [-0.15, -0.1) is 24.8 Å². The standard InChI is InChI=1S/C16H30O7S.2ClH/c1-2-3-4-5-6-7-8-9-10-11-12-23-15(17)13-14(16(18)19)24(20,21)22;;/h14H,2-13H2,1H3,(H,18,19)(H,20,21,22);2*1H. The molecule has 0 aromatic heterocycles. The first-order valence-corrected chi connectivity index (χ1v) is 10.1. The molecule has 1 unspecified atom stereocenters. The van der Waals surface area contributed by atoms with E-state index in [1.54, 1.807) is 0 Å². The van der Waals surface area contributed by atoms with Gasteiger partial charge in [0.15, 0.2) is 5.25 Å². The molecule has 7 nitrogen and oxygen atoms in total. The van der Waals surface area contributed by atoms with Crippen LogP contribution in [0.25, 0.3) is 0 Å². The predicted octanol–water partition coefficient (Wildman–Crippen LogP) is 4.03. The fourth-order valence-corrected chi connectivity index (χ4v) is 2.91. The Labute approximate surface area is 168 Å². The maximum Gasteiger partial charge on any atom is 0.325 e. The molecule has 0 rings (SSSR count). The summed E-state index contributed by atoms with van der Waals surface area (Å²) in [5, 5.41) is 6.50. The Bertz CT molecular complexity index is 469. The molecule has 0 aromatic rings. The zero-order valence-corrected chi connectivity index (χ0v) is 17.7. The molecule has 158 valence electrons. The molecule has 0 aliphatic heterocycles. The van der Waals surface area contributed by atoms with E-state index in [-0.39, 0.29) is 31.4 Å². The Hall–Kier alpha value is -0.570. The van der Waals surface area contributed by atoms with Gasteiger partial charge in [0.25, 0.3) is 10.1 Å². The molecule has 26 heavy (non-hydrogen) atoms. The van der Waals surface area contributed by atoms with Crippen molar-refractivity contribution in [1.82, 2.24) is 0 Å². The van der Waals surface area contributed by atoms with Crippen molar-refractivity contribution in [2.24, 2.45) is 0 Å². The molecule has 0 saturated heterocycles. The van der Waals surface area contributed by atoms with Crippen LogP contribution in [-0.4, -0.2) is 41.9 Å². The highest BCUT2D eigenvalue weighted by molar-refractivity contribution is 7.87. The summed E-state index contributed by atoms with van der Waals surface area (Å²) in [5.41, 5.74) is 0. The van der Waals surface area contributed by atoms with Gasteiger partial charge in [0, 0.05) is 0 Å². The highest BCUT2D eigenvalue weighted by Crippen LogP contribution is 2.11. The smallest absolute Gasteiger partial charge is 0.325 e. The summed E-state index contributed by atoms with van der Waals surface area (Å²) in [5.74, 6) is -2.70. The average Bonchev–Trinajstić information content (AvgIpc) is 2.48. The molecule has 0 fully saturated rings. The molecule has 0 amide bonds. The number of rotatable bonds is 15. The minimum Gasteiger partial charge on any atom is -0.480 e. The molecule has 0 aromatic carbocycles. The SMILES string of the molecule is CCCCCCCCCCCCOC(=O)CC(C(=O)O)S(=O)(=O)O.Cl.Cl. The molecule has 2 N–H and O–H groups in total. The van der Waals surface area contributed by atoms with Crippen molar-refractivity contribution in [3.05, 3.63) is 0 Å². The second-order valence-corrected chi connectivity index (χ2v) is 7.55. The van der Waals surface area contributed by atoms with E-state index < -0.39 is 33.7 Å². The van der Waals surface area contributed by atoms with Gasteiger partial charge in [-0.05, 0) is 6.42 Å². The third-order valence-electron chi connectivity index (χ3n) is 3.75. The monoisotopic (exact) mass is 438 g/mol. The van der Waals surface area contributed by atoms with Crippen molar-refractivity contribution in [3.63, 3.8) is 0 Å². The van der Waals surface area contributed by atoms with Crippen LogP contribution in [0.2, 0.25) is 0 Å². The summed E-state index contributed by atoms with van der Waals surface area (Å²) in [6.07, 6.45) is 10.5. The summed E-state index contributed by atoms with van der Waals surface area (Å²) in [6, 6.07) is 0. The van der Waals surface area contributed by atoms with Crippen molar-refractivity contribution in [3.8, 4) is 0 Å². The molecule has 0 radical (unpaired) electrons. The van der Waals surface area contributed by atoms with Gasteiger partial charge < -0.3 is 9.84 Å². The van der Waals surface area contributed by atoms with Crippen LogP contribution in [0.4, 0.5) is 0 Å². The summed E-state index contributed by atoms with van der Waals surface area (Å²) in [7, 11) is -4.81. The second kappa shape index (κ2) is 17.8. The van der Waals surface area contributed by atoms with E-state index in [2.05, 4.69) is 6.92 Å². The Kier molecular flexibility index (Phi) is 20.7. The lowest BCUT2D eigenvalue weighted by Gasteiger charge is -2.09. The number of carbonyl (C=O) groups excluding carboxylic acids is 1. The lowest BCUT2D eigenvalue weighted by molar-refractivity contribution is -0.147. The van der Waals surface area contributed by atoms with Crippen molar-refractivity contribution in [1.29, 1.82) is 0 Å². The normalized spacial score (nSPS) is 11.8. The molecule has 0 aliphatic carbocycles. The van der Waals surface area contributed by atoms with Crippen LogP contribution in [0.1, 0.15) is 77.6 Å². The number of carbonyl (C=O) groups is 2. The molecular weight excluding hydrogens is 407 g/mol. The van der Waals surface area contributed by atoms with E-state index in [0.29, 0.717) is 6.42 Å². The van der Waals surface area contributed by atoms with Gasteiger partial charge in [0.05, 0.1) is 13.0 Å². The Morgan fingerprint density at radius 3 is 1.69 bits per heavy atom. The average molecular weight is 439 g/mol. The molecular formula is C16H32Cl2O7S. The Balaban J connectivity index is -0.00000264. The zero-order valence-electron chi connectivity index (χ0n) is 15.2. The highest BCUT2D eigenvalue weighted by Gasteiger charge is 2.33. The Morgan fingerprint density at radius 1 is 0.885 bits per heavy atom. The van der Waals surface area contributed by atoms with Crippen molar-refractivity contribution in [2.45, 2.75) is 82.8 Å². The zero-order chi connectivity index (χ0) is 18.4. The van der Waals surface area contributed by atoms with Gasteiger partial charge in [-0.25, -0.2) is 0 Å².